The number of fused-ring (bicyclic) bond motifs is 3. The Morgan fingerprint density at radius 3 is 2.58 bits per heavy atom. The average Bonchev–Trinajstić information content (AvgIpc) is 3.25. The number of hydrogen-bond acceptors (Lipinski definition) is 3. The van der Waals surface area contributed by atoms with Gasteiger partial charge in [-0.2, -0.15) is 0 Å². The molecule has 0 spiro atoms. The summed E-state index contributed by atoms with van der Waals surface area (Å²) in [5.41, 5.74) is 4.67. The second kappa shape index (κ2) is 7.74. The van der Waals surface area contributed by atoms with Crippen LogP contribution in [0.3, 0.4) is 0 Å². The zero-order valence-electron chi connectivity index (χ0n) is 17.0. The maximum absolute atomic E-state index is 13.1. The molecule has 4 nitrogen and oxygen atoms in total. The predicted molar refractivity (Wildman–Crippen MR) is 126 cm³/mol. The van der Waals surface area contributed by atoms with E-state index in [2.05, 4.69) is 34.3 Å². The monoisotopic (exact) mass is 450 g/mol. The van der Waals surface area contributed by atoms with E-state index in [1.54, 1.807) is 12.1 Å². The molecule has 31 heavy (non-hydrogen) atoms. The molecule has 0 radical (unpaired) electrons. The van der Waals surface area contributed by atoms with Crippen molar-refractivity contribution in [2.75, 3.05) is 10.0 Å². The maximum Gasteiger partial charge on any atom is 0.261 e. The number of anilines is 2. The summed E-state index contributed by atoms with van der Waals surface area (Å²) >= 11 is 6.08. The number of nitrogens with one attached hydrogen (secondary N) is 2. The second-order valence-electron chi connectivity index (χ2n) is 8.20. The fourth-order valence-electron chi connectivity index (χ4n) is 4.63. The van der Waals surface area contributed by atoms with Gasteiger partial charge in [0.25, 0.3) is 10.0 Å². The van der Waals surface area contributed by atoms with Crippen molar-refractivity contribution < 1.29 is 8.42 Å². The molecule has 158 valence electrons. The van der Waals surface area contributed by atoms with E-state index in [-0.39, 0.29) is 16.9 Å². The van der Waals surface area contributed by atoms with Gasteiger partial charge in [0.05, 0.1) is 16.6 Å². The van der Waals surface area contributed by atoms with Gasteiger partial charge in [-0.05, 0) is 72.4 Å². The number of rotatable bonds is 4. The third-order valence-corrected chi connectivity index (χ3v) is 7.88. The fourth-order valence-corrected chi connectivity index (χ4v) is 5.92. The molecule has 1 aliphatic carbocycles. The smallest absolute Gasteiger partial charge is 0.261 e. The highest BCUT2D eigenvalue weighted by molar-refractivity contribution is 7.92. The molecule has 0 fully saturated rings. The molecule has 2 aliphatic rings. The average molecular weight is 451 g/mol. The summed E-state index contributed by atoms with van der Waals surface area (Å²) < 4.78 is 28.9. The van der Waals surface area contributed by atoms with Gasteiger partial charge < -0.3 is 5.32 Å². The zero-order valence-corrected chi connectivity index (χ0v) is 18.6. The van der Waals surface area contributed by atoms with Crippen molar-refractivity contribution in [1.82, 2.24) is 0 Å². The van der Waals surface area contributed by atoms with Crippen molar-refractivity contribution in [1.29, 1.82) is 0 Å². The molecule has 5 rings (SSSR count). The van der Waals surface area contributed by atoms with E-state index < -0.39 is 10.0 Å². The highest BCUT2D eigenvalue weighted by Crippen LogP contribution is 2.50. The molecule has 1 heterocycles. The first-order chi connectivity index (χ1) is 14.9. The van der Waals surface area contributed by atoms with E-state index in [9.17, 15) is 8.42 Å². The van der Waals surface area contributed by atoms with Crippen LogP contribution in [-0.2, 0) is 10.0 Å². The third kappa shape index (κ3) is 3.73. The third-order valence-electron chi connectivity index (χ3n) is 6.26. The SMILES string of the molecule is Cc1ccccc1NS(=O)(=O)c1ccc2c(c1)[C@H]1C=CC[C@H]1[C@@H](c1ccc(Cl)cc1)N2. The fraction of sp³-hybridized carbons (Fsp3) is 0.200. The van der Waals surface area contributed by atoms with Crippen molar-refractivity contribution in [3.8, 4) is 0 Å². The summed E-state index contributed by atoms with van der Waals surface area (Å²) in [4.78, 5) is 0.278. The van der Waals surface area contributed by atoms with Crippen LogP contribution in [-0.4, -0.2) is 8.42 Å². The molecule has 0 amide bonds. The van der Waals surface area contributed by atoms with E-state index in [0.29, 0.717) is 11.6 Å². The lowest BCUT2D eigenvalue weighted by Crippen LogP contribution is -2.29. The minimum absolute atomic E-state index is 0.150. The minimum Gasteiger partial charge on any atom is -0.378 e. The number of para-hydroxylation sites is 1. The number of allylic oxidation sites excluding steroid dienone is 2. The van der Waals surface area contributed by atoms with Crippen molar-refractivity contribution in [2.45, 2.75) is 30.2 Å². The van der Waals surface area contributed by atoms with Crippen LogP contribution in [0.25, 0.3) is 0 Å². The zero-order chi connectivity index (χ0) is 21.6. The summed E-state index contributed by atoms with van der Waals surface area (Å²) in [5.74, 6) is 0.501. The highest BCUT2D eigenvalue weighted by atomic mass is 35.5. The van der Waals surface area contributed by atoms with E-state index >= 15 is 0 Å². The first-order valence-electron chi connectivity index (χ1n) is 10.3. The lowest BCUT2D eigenvalue weighted by molar-refractivity contribution is 0.425. The molecule has 0 saturated carbocycles. The van der Waals surface area contributed by atoms with E-state index in [1.165, 1.54) is 5.56 Å². The highest BCUT2D eigenvalue weighted by Gasteiger charge is 2.38. The topological polar surface area (TPSA) is 58.2 Å². The van der Waals surface area contributed by atoms with E-state index in [1.807, 2.05) is 49.4 Å². The first kappa shape index (κ1) is 20.2. The Kier molecular flexibility index (Phi) is 5.03. The molecule has 3 aromatic rings. The van der Waals surface area contributed by atoms with Gasteiger partial charge in [-0.15, -0.1) is 0 Å². The summed E-state index contributed by atoms with van der Waals surface area (Å²) in [6.45, 7) is 1.89. The van der Waals surface area contributed by atoms with Crippen LogP contribution in [0.2, 0.25) is 5.02 Å². The lowest BCUT2D eigenvalue weighted by Gasteiger charge is -2.37. The Morgan fingerprint density at radius 2 is 1.81 bits per heavy atom. The van der Waals surface area contributed by atoms with Crippen LogP contribution in [0.4, 0.5) is 11.4 Å². The van der Waals surface area contributed by atoms with Gasteiger partial charge >= 0.3 is 0 Å². The van der Waals surface area contributed by atoms with Crippen molar-refractivity contribution in [2.24, 2.45) is 5.92 Å². The van der Waals surface area contributed by atoms with Crippen molar-refractivity contribution in [3.63, 3.8) is 0 Å². The van der Waals surface area contributed by atoms with Gasteiger partial charge in [-0.3, -0.25) is 4.72 Å². The number of hydrogen-bond donors (Lipinski definition) is 2. The largest absolute Gasteiger partial charge is 0.378 e. The number of halogens is 1. The molecule has 0 saturated heterocycles. The predicted octanol–water partition coefficient (Wildman–Crippen LogP) is 6.28. The Labute approximate surface area is 188 Å². The summed E-state index contributed by atoms with van der Waals surface area (Å²) in [5, 5.41) is 4.36. The minimum atomic E-state index is -3.69. The molecule has 6 heteroatoms. The number of benzene rings is 3. The van der Waals surface area contributed by atoms with Gasteiger partial charge in [-0.1, -0.05) is 54.1 Å². The maximum atomic E-state index is 13.1. The number of aryl methyl sites for hydroxylation is 1. The van der Waals surface area contributed by atoms with E-state index in [0.717, 1.165) is 28.3 Å². The van der Waals surface area contributed by atoms with Crippen LogP contribution < -0.4 is 10.0 Å². The van der Waals surface area contributed by atoms with Crippen molar-refractivity contribution >= 4 is 33.0 Å². The van der Waals surface area contributed by atoms with Gasteiger partial charge in [0.2, 0.25) is 0 Å². The van der Waals surface area contributed by atoms with Crippen LogP contribution in [0.5, 0.6) is 0 Å². The van der Waals surface area contributed by atoms with E-state index in [4.69, 9.17) is 11.6 Å². The molecule has 0 bridgehead atoms. The Morgan fingerprint density at radius 1 is 1.03 bits per heavy atom. The lowest BCUT2D eigenvalue weighted by atomic mass is 9.77. The van der Waals surface area contributed by atoms with Gasteiger partial charge in [0.1, 0.15) is 0 Å². The Bertz CT molecular complexity index is 1270. The molecule has 0 aromatic heterocycles. The molecule has 2 N–H and O–H groups in total. The first-order valence-corrected chi connectivity index (χ1v) is 12.2. The molecule has 3 atom stereocenters. The normalized spacial score (nSPS) is 21.8. The van der Waals surface area contributed by atoms with Gasteiger partial charge in [-0.25, -0.2) is 8.42 Å². The van der Waals surface area contributed by atoms with Crippen molar-refractivity contribution in [3.05, 3.63) is 101 Å². The van der Waals surface area contributed by atoms with Crippen LogP contribution in [0.1, 0.15) is 35.1 Å². The molecule has 3 aromatic carbocycles. The van der Waals surface area contributed by atoms with Crippen LogP contribution in [0, 0.1) is 12.8 Å². The summed E-state index contributed by atoms with van der Waals surface area (Å²) in [6.07, 6.45) is 5.35. The molecular formula is C25H23ClN2O2S. The van der Waals surface area contributed by atoms with Crippen LogP contribution in [0.15, 0.2) is 83.8 Å². The Balaban J connectivity index is 1.50. The quantitative estimate of drug-likeness (QED) is 0.460. The summed E-state index contributed by atoms with van der Waals surface area (Å²) in [7, 11) is -3.69. The molecular weight excluding hydrogens is 428 g/mol. The van der Waals surface area contributed by atoms with Gasteiger partial charge in [0.15, 0.2) is 0 Å². The molecule has 0 unspecified atom stereocenters. The van der Waals surface area contributed by atoms with Crippen LogP contribution >= 0.6 is 11.6 Å². The molecule has 1 aliphatic heterocycles. The standard InChI is InChI=1S/C25H23ClN2O2S/c1-16-5-2-3-8-23(16)28-31(29,30)19-13-14-24-22(15-19)20-6-4-7-21(20)25(27-24)17-9-11-18(26)12-10-17/h2-6,8-15,20-21,25,27-28H,7H2,1H3/t20-,21+,25+/m0/s1. The number of sulfonamides is 1. The Hall–Kier alpha value is -2.76. The second-order valence-corrected chi connectivity index (χ2v) is 10.3. The van der Waals surface area contributed by atoms with Gasteiger partial charge in [0, 0.05) is 16.6 Å². The summed E-state index contributed by atoms with van der Waals surface area (Å²) in [6, 6.07) is 20.9.